The molecule has 0 aliphatic heterocycles. The molecule has 2 aromatic carbocycles. The maximum Gasteiger partial charge on any atom is 0.276 e. The predicted molar refractivity (Wildman–Crippen MR) is 122 cm³/mol. The maximum absolute atomic E-state index is 5.99. The molecule has 0 atom stereocenters. The summed E-state index contributed by atoms with van der Waals surface area (Å²) in [6.07, 6.45) is 0. The lowest BCUT2D eigenvalue weighted by atomic mass is 10.2. The van der Waals surface area contributed by atoms with Gasteiger partial charge in [-0.15, -0.1) is 15.7 Å². The predicted octanol–water partition coefficient (Wildman–Crippen LogP) is 4.87. The van der Waals surface area contributed by atoms with Gasteiger partial charge in [-0.1, -0.05) is 80.3 Å². The molecule has 0 unspecified atom stereocenters. The second-order valence-corrected chi connectivity index (χ2v) is 12.4. The smallest absolute Gasteiger partial charge is 0.276 e. The number of benzene rings is 2. The molecule has 30 heavy (non-hydrogen) atoms. The third-order valence-electron chi connectivity index (χ3n) is 3.87. The molecule has 0 N–H and O–H groups in total. The molecular weight excluding hydrogens is 388 g/mol. The summed E-state index contributed by atoms with van der Waals surface area (Å²) in [6, 6.07) is 21.6. The Labute approximate surface area is 179 Å². The number of nitrogens with zero attached hydrogens (tertiary/aromatic N) is 2. The van der Waals surface area contributed by atoms with Gasteiger partial charge in [0, 0.05) is 6.07 Å². The molecule has 150 valence electrons. The van der Waals surface area contributed by atoms with Crippen LogP contribution in [0.2, 0.25) is 19.6 Å². The highest BCUT2D eigenvalue weighted by Gasteiger charge is 2.11. The van der Waals surface area contributed by atoms with Crippen molar-refractivity contribution in [3.8, 4) is 34.9 Å². The molecule has 0 spiro atoms. The molecule has 0 radical (unpaired) electrons. The van der Waals surface area contributed by atoms with Crippen LogP contribution in [-0.4, -0.2) is 18.3 Å². The minimum Gasteiger partial charge on any atom is -0.483 e. The van der Waals surface area contributed by atoms with Crippen molar-refractivity contribution in [1.82, 2.24) is 10.2 Å². The zero-order valence-electron chi connectivity index (χ0n) is 17.5. The van der Waals surface area contributed by atoms with Gasteiger partial charge in [-0.25, -0.2) is 0 Å². The Morgan fingerprint density at radius 2 is 1.37 bits per heavy atom. The van der Waals surface area contributed by atoms with Crippen molar-refractivity contribution >= 4 is 8.07 Å². The highest BCUT2D eigenvalue weighted by molar-refractivity contribution is 6.83. The maximum atomic E-state index is 5.99. The van der Waals surface area contributed by atoms with Gasteiger partial charge in [0.05, 0.1) is 0 Å². The number of aromatic nitrogens is 2. The van der Waals surface area contributed by atoms with Crippen molar-refractivity contribution in [2.45, 2.75) is 32.9 Å². The molecule has 3 aromatic rings. The third-order valence-corrected chi connectivity index (χ3v) is 4.75. The Morgan fingerprint density at radius 3 is 1.97 bits per heavy atom. The zero-order valence-corrected chi connectivity index (χ0v) is 18.5. The van der Waals surface area contributed by atoms with Crippen molar-refractivity contribution in [2.75, 3.05) is 0 Å². The van der Waals surface area contributed by atoms with Crippen LogP contribution in [0.25, 0.3) is 0 Å². The first-order chi connectivity index (χ1) is 14.5. The van der Waals surface area contributed by atoms with E-state index in [-0.39, 0.29) is 0 Å². The molecule has 0 fully saturated rings. The first-order valence-electron chi connectivity index (χ1n) is 9.74. The van der Waals surface area contributed by atoms with E-state index in [1.165, 1.54) is 0 Å². The van der Waals surface area contributed by atoms with Gasteiger partial charge in [0.25, 0.3) is 5.88 Å². The fourth-order valence-electron chi connectivity index (χ4n) is 2.40. The van der Waals surface area contributed by atoms with Crippen molar-refractivity contribution in [3.05, 3.63) is 83.6 Å². The van der Waals surface area contributed by atoms with Gasteiger partial charge in [0.2, 0.25) is 0 Å². The van der Waals surface area contributed by atoms with Crippen LogP contribution < -0.4 is 9.47 Å². The van der Waals surface area contributed by atoms with E-state index in [4.69, 9.17) is 9.47 Å². The summed E-state index contributed by atoms with van der Waals surface area (Å²) in [4.78, 5) is 0. The molecule has 1 aromatic heterocycles. The lowest BCUT2D eigenvalue weighted by Crippen LogP contribution is -2.16. The largest absolute Gasteiger partial charge is 0.483 e. The summed E-state index contributed by atoms with van der Waals surface area (Å²) in [5.41, 5.74) is 5.80. The fraction of sp³-hybridized carbons (Fsp3) is 0.200. The van der Waals surface area contributed by atoms with Gasteiger partial charge >= 0.3 is 0 Å². The zero-order chi connectivity index (χ0) is 21.2. The van der Waals surface area contributed by atoms with Crippen molar-refractivity contribution in [3.63, 3.8) is 0 Å². The van der Waals surface area contributed by atoms with Crippen LogP contribution in [0.1, 0.15) is 16.8 Å². The Hall–Kier alpha value is -3.54. The van der Waals surface area contributed by atoms with Crippen LogP contribution in [-0.2, 0) is 13.2 Å². The highest BCUT2D eigenvalue weighted by atomic mass is 28.3. The Kier molecular flexibility index (Phi) is 7.27. The molecule has 0 saturated carbocycles. The quantitative estimate of drug-likeness (QED) is 0.428. The topological polar surface area (TPSA) is 44.2 Å². The average Bonchev–Trinajstić information content (AvgIpc) is 2.75. The number of ether oxygens (including phenoxy) is 2. The molecule has 0 aliphatic carbocycles. The van der Waals surface area contributed by atoms with E-state index in [0.717, 1.165) is 11.1 Å². The standard InChI is InChI=1S/C25H24N2O2Si/c1-30(2,3)17-11-10-16-23-18-24(28-19-21-12-6-4-7-13-21)25(27-26-23)29-20-22-14-8-5-9-15-22/h4-9,12-15,18H,19-20H2,1-3H3. The fourth-order valence-corrected chi connectivity index (χ4v) is 2.84. The monoisotopic (exact) mass is 412 g/mol. The van der Waals surface area contributed by atoms with Gasteiger partial charge in [0.1, 0.15) is 27.0 Å². The number of rotatable bonds is 6. The lowest BCUT2D eigenvalue weighted by molar-refractivity contribution is 0.244. The van der Waals surface area contributed by atoms with E-state index < -0.39 is 8.07 Å². The van der Waals surface area contributed by atoms with E-state index >= 15 is 0 Å². The van der Waals surface area contributed by atoms with Crippen LogP contribution in [0.15, 0.2) is 66.7 Å². The summed E-state index contributed by atoms with van der Waals surface area (Å²) < 4.78 is 11.9. The Bertz CT molecular complexity index is 1090. The Morgan fingerprint density at radius 1 is 0.767 bits per heavy atom. The lowest BCUT2D eigenvalue weighted by Gasteiger charge is -2.11. The summed E-state index contributed by atoms with van der Waals surface area (Å²) >= 11 is 0. The number of hydrogen-bond donors (Lipinski definition) is 0. The van der Waals surface area contributed by atoms with Gasteiger partial charge in [-0.2, -0.15) is 0 Å². The van der Waals surface area contributed by atoms with Crippen LogP contribution in [0.3, 0.4) is 0 Å². The van der Waals surface area contributed by atoms with Crippen molar-refractivity contribution in [2.24, 2.45) is 0 Å². The molecule has 5 heteroatoms. The summed E-state index contributed by atoms with van der Waals surface area (Å²) in [7, 11) is -1.45. The minimum absolute atomic E-state index is 0.341. The van der Waals surface area contributed by atoms with Crippen LogP contribution in [0.5, 0.6) is 11.6 Å². The molecule has 3 rings (SSSR count). The first kappa shape index (κ1) is 21.2. The van der Waals surface area contributed by atoms with E-state index in [9.17, 15) is 0 Å². The molecule has 0 aliphatic rings. The van der Waals surface area contributed by atoms with Crippen LogP contribution >= 0.6 is 0 Å². The number of hydrogen-bond acceptors (Lipinski definition) is 4. The average molecular weight is 413 g/mol. The first-order valence-corrected chi connectivity index (χ1v) is 13.2. The Balaban J connectivity index is 1.79. The second kappa shape index (κ2) is 10.3. The van der Waals surface area contributed by atoms with Crippen molar-refractivity contribution in [1.29, 1.82) is 0 Å². The van der Waals surface area contributed by atoms with Gasteiger partial charge in [-0.3, -0.25) is 0 Å². The minimum atomic E-state index is -1.45. The molecule has 0 bridgehead atoms. The van der Waals surface area contributed by atoms with E-state index in [1.807, 2.05) is 60.7 Å². The van der Waals surface area contributed by atoms with E-state index in [2.05, 4.69) is 53.1 Å². The summed E-state index contributed by atoms with van der Waals surface area (Å²) in [5.74, 6) is 9.58. The van der Waals surface area contributed by atoms with Crippen LogP contribution in [0.4, 0.5) is 0 Å². The molecular formula is C25H24N2O2Si. The van der Waals surface area contributed by atoms with Gasteiger partial charge in [-0.05, 0) is 28.9 Å². The molecule has 1 heterocycles. The van der Waals surface area contributed by atoms with Gasteiger partial charge < -0.3 is 9.47 Å². The molecule has 0 saturated heterocycles. The highest BCUT2D eigenvalue weighted by Crippen LogP contribution is 2.26. The summed E-state index contributed by atoms with van der Waals surface area (Å²) in [5, 5.41) is 8.35. The van der Waals surface area contributed by atoms with Gasteiger partial charge in [0.15, 0.2) is 5.75 Å². The van der Waals surface area contributed by atoms with Crippen molar-refractivity contribution < 1.29 is 9.47 Å². The van der Waals surface area contributed by atoms with Crippen LogP contribution in [0, 0.1) is 23.3 Å². The van der Waals surface area contributed by atoms with E-state index in [0.29, 0.717) is 30.5 Å². The normalized spacial score (nSPS) is 10.2. The van der Waals surface area contributed by atoms with E-state index in [1.54, 1.807) is 6.07 Å². The summed E-state index contributed by atoms with van der Waals surface area (Å²) in [6.45, 7) is 7.31. The molecule has 4 nitrogen and oxygen atoms in total. The third kappa shape index (κ3) is 7.13. The second-order valence-electron chi connectivity index (χ2n) is 7.70. The SMILES string of the molecule is C[Si](C)(C)C#CC#Cc1cc(OCc2ccccc2)c(OCc2ccccc2)nn1. The molecule has 0 amide bonds.